The van der Waals surface area contributed by atoms with E-state index in [1.54, 1.807) is 13.8 Å². The second-order valence-electron chi connectivity index (χ2n) is 4.45. The molecule has 1 aromatic heterocycles. The monoisotopic (exact) mass is 349 g/mol. The maximum atomic E-state index is 12.4. The molecule has 9 heteroatoms. The standard InChI is InChI=1S/C12H13Cl2N3O3S/c1-6-12(7(2)16-15-6)17-21(19,20)11-3-8(5-18)9(13)4-10(11)14/h3-4,17-18H,5H2,1-2H3,(H,15,16). The van der Waals surface area contributed by atoms with Crippen molar-refractivity contribution in [1.29, 1.82) is 0 Å². The molecular formula is C12H13Cl2N3O3S. The highest BCUT2D eigenvalue weighted by Gasteiger charge is 2.22. The molecule has 6 nitrogen and oxygen atoms in total. The Morgan fingerprint density at radius 1 is 1.29 bits per heavy atom. The molecule has 1 aromatic carbocycles. The Morgan fingerprint density at radius 2 is 1.95 bits per heavy atom. The highest BCUT2D eigenvalue weighted by atomic mass is 35.5. The molecule has 0 aliphatic rings. The molecule has 0 aliphatic carbocycles. The van der Waals surface area contributed by atoms with Crippen LogP contribution in [0.3, 0.4) is 0 Å². The van der Waals surface area contributed by atoms with Crippen molar-refractivity contribution in [1.82, 2.24) is 10.2 Å². The number of nitrogens with zero attached hydrogens (tertiary/aromatic N) is 1. The third-order valence-electron chi connectivity index (χ3n) is 2.93. The molecule has 1 heterocycles. The van der Waals surface area contributed by atoms with E-state index in [1.165, 1.54) is 12.1 Å². The van der Waals surface area contributed by atoms with Crippen molar-refractivity contribution in [2.45, 2.75) is 25.3 Å². The summed E-state index contributed by atoms with van der Waals surface area (Å²) >= 11 is 11.8. The Morgan fingerprint density at radius 3 is 2.48 bits per heavy atom. The second-order valence-corrected chi connectivity index (χ2v) is 6.91. The van der Waals surface area contributed by atoms with Gasteiger partial charge in [-0.2, -0.15) is 5.10 Å². The molecule has 0 aliphatic heterocycles. The van der Waals surface area contributed by atoms with Gasteiger partial charge in [0.15, 0.2) is 0 Å². The number of rotatable bonds is 4. The first-order valence-corrected chi connectivity index (χ1v) is 8.13. The highest BCUT2D eigenvalue weighted by Crippen LogP contribution is 2.30. The summed E-state index contributed by atoms with van der Waals surface area (Å²) in [5.41, 5.74) is 1.75. The zero-order valence-electron chi connectivity index (χ0n) is 11.2. The van der Waals surface area contributed by atoms with Crippen LogP contribution in [0.2, 0.25) is 10.0 Å². The van der Waals surface area contributed by atoms with Gasteiger partial charge in [0, 0.05) is 5.02 Å². The van der Waals surface area contributed by atoms with Crippen molar-refractivity contribution >= 4 is 38.9 Å². The van der Waals surface area contributed by atoms with E-state index >= 15 is 0 Å². The van der Waals surface area contributed by atoms with Crippen LogP contribution >= 0.6 is 23.2 Å². The molecular weight excluding hydrogens is 337 g/mol. The van der Waals surface area contributed by atoms with Crippen LogP contribution in [-0.2, 0) is 16.6 Å². The molecule has 0 spiro atoms. The van der Waals surface area contributed by atoms with E-state index in [2.05, 4.69) is 14.9 Å². The Kier molecular flexibility index (Phi) is 4.48. The Hall–Kier alpha value is -1.28. The zero-order chi connectivity index (χ0) is 15.8. The van der Waals surface area contributed by atoms with Gasteiger partial charge >= 0.3 is 0 Å². The minimum absolute atomic E-state index is 0.0245. The normalized spacial score (nSPS) is 11.7. The number of benzene rings is 1. The molecule has 2 rings (SSSR count). The summed E-state index contributed by atoms with van der Waals surface area (Å²) in [6, 6.07) is 2.54. The molecule has 3 N–H and O–H groups in total. The summed E-state index contributed by atoms with van der Waals surface area (Å²) in [4.78, 5) is -0.155. The van der Waals surface area contributed by atoms with E-state index in [0.717, 1.165) is 0 Å². The molecule has 21 heavy (non-hydrogen) atoms. The lowest BCUT2D eigenvalue weighted by Crippen LogP contribution is -2.15. The maximum absolute atomic E-state index is 12.4. The van der Waals surface area contributed by atoms with Crippen LogP contribution in [0.1, 0.15) is 17.0 Å². The van der Waals surface area contributed by atoms with Crippen molar-refractivity contribution in [3.63, 3.8) is 0 Å². The van der Waals surface area contributed by atoms with Crippen molar-refractivity contribution in [3.8, 4) is 0 Å². The van der Waals surface area contributed by atoms with Gasteiger partial charge < -0.3 is 5.11 Å². The largest absolute Gasteiger partial charge is 0.392 e. The minimum atomic E-state index is -3.92. The summed E-state index contributed by atoms with van der Waals surface area (Å²) in [6.45, 7) is 2.98. The maximum Gasteiger partial charge on any atom is 0.263 e. The third-order valence-corrected chi connectivity index (χ3v) is 5.09. The van der Waals surface area contributed by atoms with Gasteiger partial charge in [-0.05, 0) is 31.5 Å². The Labute approximate surface area is 132 Å². The van der Waals surface area contributed by atoms with Gasteiger partial charge in [0.2, 0.25) is 0 Å². The van der Waals surface area contributed by atoms with Gasteiger partial charge in [-0.1, -0.05) is 23.2 Å². The quantitative estimate of drug-likeness (QED) is 0.790. The zero-order valence-corrected chi connectivity index (χ0v) is 13.6. The lowest BCUT2D eigenvalue weighted by Gasteiger charge is -2.11. The molecule has 0 atom stereocenters. The number of hydrogen-bond acceptors (Lipinski definition) is 4. The Bertz CT molecular complexity index is 768. The van der Waals surface area contributed by atoms with Crippen molar-refractivity contribution in [2.75, 3.05) is 4.72 Å². The molecule has 0 radical (unpaired) electrons. The molecule has 0 amide bonds. The van der Waals surface area contributed by atoms with Crippen LogP contribution < -0.4 is 4.72 Å². The lowest BCUT2D eigenvalue weighted by atomic mass is 10.2. The van der Waals surface area contributed by atoms with Gasteiger partial charge in [-0.25, -0.2) is 8.42 Å². The Balaban J connectivity index is 2.50. The van der Waals surface area contributed by atoms with E-state index in [9.17, 15) is 13.5 Å². The fourth-order valence-corrected chi connectivity index (χ4v) is 3.83. The fourth-order valence-electron chi connectivity index (χ4n) is 1.79. The van der Waals surface area contributed by atoms with Crippen LogP contribution in [0, 0.1) is 13.8 Å². The second kappa shape index (κ2) is 5.84. The number of aliphatic hydroxyl groups excluding tert-OH is 1. The number of aliphatic hydroxyl groups is 1. The number of anilines is 1. The highest BCUT2D eigenvalue weighted by molar-refractivity contribution is 7.92. The summed E-state index contributed by atoms with van der Waals surface area (Å²) < 4.78 is 27.3. The number of H-pyrrole nitrogens is 1. The fraction of sp³-hybridized carbons (Fsp3) is 0.250. The smallest absolute Gasteiger partial charge is 0.263 e. The topological polar surface area (TPSA) is 95.1 Å². The van der Waals surface area contributed by atoms with Gasteiger partial charge in [-0.3, -0.25) is 9.82 Å². The van der Waals surface area contributed by atoms with Gasteiger partial charge in [-0.15, -0.1) is 0 Å². The average Bonchev–Trinajstić information content (AvgIpc) is 2.70. The van der Waals surface area contributed by atoms with Gasteiger partial charge in [0.1, 0.15) is 4.90 Å². The van der Waals surface area contributed by atoms with Crippen LogP contribution in [0.5, 0.6) is 0 Å². The van der Waals surface area contributed by atoms with Crippen LogP contribution in [0.25, 0.3) is 0 Å². The lowest BCUT2D eigenvalue weighted by molar-refractivity contribution is 0.281. The SMILES string of the molecule is Cc1n[nH]c(C)c1NS(=O)(=O)c1cc(CO)c(Cl)cc1Cl. The van der Waals surface area contributed by atoms with Crippen LogP contribution in [0.15, 0.2) is 17.0 Å². The number of aromatic nitrogens is 2. The summed E-state index contributed by atoms with van der Waals surface area (Å²) in [5.74, 6) is 0. The number of aromatic amines is 1. The number of halogens is 2. The first-order valence-electron chi connectivity index (χ1n) is 5.89. The number of hydrogen-bond donors (Lipinski definition) is 3. The summed E-state index contributed by atoms with van der Waals surface area (Å²) in [6.07, 6.45) is 0. The van der Waals surface area contributed by atoms with Gasteiger partial charge in [0.05, 0.1) is 28.7 Å². The molecule has 0 saturated carbocycles. The van der Waals surface area contributed by atoms with Crippen molar-refractivity contribution in [3.05, 3.63) is 39.1 Å². The minimum Gasteiger partial charge on any atom is -0.392 e. The van der Waals surface area contributed by atoms with E-state index in [-0.39, 0.29) is 27.1 Å². The summed E-state index contributed by atoms with van der Waals surface area (Å²) in [5, 5.41) is 16.0. The van der Waals surface area contributed by atoms with E-state index in [0.29, 0.717) is 17.1 Å². The van der Waals surface area contributed by atoms with E-state index in [4.69, 9.17) is 23.2 Å². The summed E-state index contributed by atoms with van der Waals surface area (Å²) in [7, 11) is -3.92. The van der Waals surface area contributed by atoms with Crippen molar-refractivity contribution in [2.24, 2.45) is 0 Å². The predicted molar refractivity (Wildman–Crippen MR) is 81.3 cm³/mol. The molecule has 0 fully saturated rings. The van der Waals surface area contributed by atoms with Crippen LogP contribution in [0.4, 0.5) is 5.69 Å². The number of sulfonamides is 1. The first kappa shape index (κ1) is 16.1. The number of nitrogens with one attached hydrogen (secondary N) is 2. The van der Waals surface area contributed by atoms with E-state index < -0.39 is 10.0 Å². The molecule has 0 saturated heterocycles. The molecule has 0 bridgehead atoms. The van der Waals surface area contributed by atoms with E-state index in [1.807, 2.05) is 0 Å². The first-order chi connectivity index (χ1) is 9.76. The number of aryl methyl sites for hydroxylation is 2. The predicted octanol–water partition coefficient (Wildman–Crippen LogP) is 2.63. The third kappa shape index (κ3) is 3.16. The molecule has 0 unspecified atom stereocenters. The van der Waals surface area contributed by atoms with Gasteiger partial charge in [0.25, 0.3) is 10.0 Å². The van der Waals surface area contributed by atoms with Crippen LogP contribution in [-0.4, -0.2) is 23.7 Å². The molecule has 2 aromatic rings. The van der Waals surface area contributed by atoms with Crippen molar-refractivity contribution < 1.29 is 13.5 Å². The molecule has 114 valence electrons. The average molecular weight is 350 g/mol.